The van der Waals surface area contributed by atoms with Gasteiger partial charge in [0, 0.05) is 5.39 Å². The van der Waals surface area contributed by atoms with Crippen molar-refractivity contribution in [2.45, 2.75) is 12.5 Å². The molecular formula is C14H15NO3. The first-order valence-corrected chi connectivity index (χ1v) is 5.66. The minimum absolute atomic E-state index is 0.305. The topological polar surface area (TPSA) is 72.5 Å². The van der Waals surface area contributed by atoms with Crippen molar-refractivity contribution in [3.8, 4) is 5.75 Å². The molecule has 0 fully saturated rings. The van der Waals surface area contributed by atoms with Gasteiger partial charge in [-0.25, -0.2) is 0 Å². The third kappa shape index (κ3) is 2.28. The highest BCUT2D eigenvalue weighted by molar-refractivity contribution is 5.91. The maximum absolute atomic E-state index is 10.8. The summed E-state index contributed by atoms with van der Waals surface area (Å²) >= 11 is 0. The molecule has 4 heteroatoms. The fourth-order valence-corrected chi connectivity index (χ4v) is 2.01. The van der Waals surface area contributed by atoms with Gasteiger partial charge in [-0.1, -0.05) is 30.3 Å². The second kappa shape index (κ2) is 5.06. The lowest BCUT2D eigenvalue weighted by Gasteiger charge is -2.12. The Morgan fingerprint density at radius 2 is 1.94 bits per heavy atom. The molecule has 18 heavy (non-hydrogen) atoms. The van der Waals surface area contributed by atoms with Gasteiger partial charge in [0.05, 0.1) is 7.11 Å². The zero-order valence-corrected chi connectivity index (χ0v) is 10.1. The van der Waals surface area contributed by atoms with Crippen LogP contribution in [0.5, 0.6) is 5.75 Å². The molecule has 1 atom stereocenters. The number of carboxylic acid groups (broad SMARTS) is 1. The Labute approximate surface area is 105 Å². The number of methoxy groups -OCH3 is 1. The number of nitrogens with two attached hydrogens (primary N) is 1. The van der Waals surface area contributed by atoms with Crippen molar-refractivity contribution < 1.29 is 14.6 Å². The van der Waals surface area contributed by atoms with E-state index in [1.54, 1.807) is 7.11 Å². The lowest BCUT2D eigenvalue weighted by Crippen LogP contribution is -2.32. The molecule has 2 aromatic carbocycles. The van der Waals surface area contributed by atoms with Crippen molar-refractivity contribution in [2.75, 3.05) is 7.11 Å². The van der Waals surface area contributed by atoms with Gasteiger partial charge in [0.25, 0.3) is 0 Å². The van der Waals surface area contributed by atoms with Crippen LogP contribution in [0, 0.1) is 0 Å². The predicted octanol–water partition coefficient (Wildman–Crippen LogP) is 1.80. The molecule has 0 amide bonds. The Bertz CT molecular complexity index is 580. The molecule has 0 aliphatic heterocycles. The highest BCUT2D eigenvalue weighted by atomic mass is 16.5. The molecule has 0 radical (unpaired) electrons. The van der Waals surface area contributed by atoms with E-state index in [1.807, 2.05) is 36.4 Å². The summed E-state index contributed by atoms with van der Waals surface area (Å²) in [4.78, 5) is 10.8. The Hall–Kier alpha value is -2.07. The Morgan fingerprint density at radius 1 is 1.28 bits per heavy atom. The van der Waals surface area contributed by atoms with Gasteiger partial charge in [0.15, 0.2) is 0 Å². The predicted molar refractivity (Wildman–Crippen MR) is 69.8 cm³/mol. The summed E-state index contributed by atoms with van der Waals surface area (Å²) in [5.74, 6) is -0.215. The fraction of sp³-hybridized carbons (Fsp3) is 0.214. The van der Waals surface area contributed by atoms with Crippen LogP contribution >= 0.6 is 0 Å². The van der Waals surface area contributed by atoms with E-state index in [2.05, 4.69) is 0 Å². The van der Waals surface area contributed by atoms with Crippen LogP contribution in [0.2, 0.25) is 0 Å². The van der Waals surface area contributed by atoms with Crippen molar-refractivity contribution >= 4 is 16.7 Å². The molecule has 94 valence electrons. The molecule has 0 aliphatic rings. The smallest absolute Gasteiger partial charge is 0.320 e. The van der Waals surface area contributed by atoms with Crippen LogP contribution in [-0.2, 0) is 11.2 Å². The summed E-state index contributed by atoms with van der Waals surface area (Å²) in [5, 5.41) is 10.8. The summed E-state index contributed by atoms with van der Waals surface area (Å²) in [6, 6.07) is 10.5. The van der Waals surface area contributed by atoms with E-state index in [0.29, 0.717) is 6.42 Å². The second-order valence-corrected chi connectivity index (χ2v) is 4.12. The summed E-state index contributed by atoms with van der Waals surface area (Å²) in [6.45, 7) is 0. The first kappa shape index (κ1) is 12.4. The van der Waals surface area contributed by atoms with E-state index in [1.165, 1.54) is 0 Å². The number of fused-ring (bicyclic) bond motifs is 1. The molecule has 0 aromatic heterocycles. The molecular weight excluding hydrogens is 230 g/mol. The van der Waals surface area contributed by atoms with Gasteiger partial charge in [-0.05, 0) is 23.4 Å². The number of ether oxygens (including phenoxy) is 1. The monoisotopic (exact) mass is 245 g/mol. The number of hydrogen-bond donors (Lipinski definition) is 2. The maximum Gasteiger partial charge on any atom is 0.320 e. The summed E-state index contributed by atoms with van der Waals surface area (Å²) < 4.78 is 5.29. The van der Waals surface area contributed by atoms with Gasteiger partial charge in [-0.2, -0.15) is 0 Å². The average molecular weight is 245 g/mol. The number of benzene rings is 2. The number of aliphatic carboxylic acids is 1. The van der Waals surface area contributed by atoms with Crippen LogP contribution in [0.15, 0.2) is 36.4 Å². The van der Waals surface area contributed by atoms with E-state index >= 15 is 0 Å². The minimum Gasteiger partial charge on any atom is -0.496 e. The number of carboxylic acids is 1. The van der Waals surface area contributed by atoms with Gasteiger partial charge in [0.1, 0.15) is 11.8 Å². The van der Waals surface area contributed by atoms with Crippen molar-refractivity contribution in [3.05, 3.63) is 42.0 Å². The normalized spacial score (nSPS) is 12.3. The molecule has 0 saturated heterocycles. The van der Waals surface area contributed by atoms with Gasteiger partial charge in [-0.15, -0.1) is 0 Å². The van der Waals surface area contributed by atoms with Gasteiger partial charge >= 0.3 is 5.97 Å². The zero-order chi connectivity index (χ0) is 13.1. The molecule has 0 aliphatic carbocycles. The first-order valence-electron chi connectivity index (χ1n) is 5.66. The van der Waals surface area contributed by atoms with E-state index in [0.717, 1.165) is 22.1 Å². The standard InChI is InChI=1S/C14H15NO3/c1-18-13-7-6-9(8-12(15)14(16)17)10-4-2-3-5-11(10)13/h2-7,12H,8,15H2,1H3,(H,16,17)/t12-/m0/s1. The van der Waals surface area contributed by atoms with Crippen LogP contribution < -0.4 is 10.5 Å². The minimum atomic E-state index is -0.991. The second-order valence-electron chi connectivity index (χ2n) is 4.12. The molecule has 4 nitrogen and oxygen atoms in total. The third-order valence-electron chi connectivity index (χ3n) is 2.95. The molecule has 0 spiro atoms. The first-order chi connectivity index (χ1) is 8.63. The van der Waals surface area contributed by atoms with E-state index in [9.17, 15) is 4.79 Å². The number of rotatable bonds is 4. The Morgan fingerprint density at radius 3 is 2.56 bits per heavy atom. The number of carbonyl (C=O) groups is 1. The lowest BCUT2D eigenvalue weighted by molar-refractivity contribution is -0.138. The van der Waals surface area contributed by atoms with Crippen LogP contribution in [-0.4, -0.2) is 24.2 Å². The SMILES string of the molecule is COc1ccc(C[C@H](N)C(=O)O)c2ccccc12. The van der Waals surface area contributed by atoms with E-state index in [-0.39, 0.29) is 0 Å². The third-order valence-corrected chi connectivity index (χ3v) is 2.95. The largest absolute Gasteiger partial charge is 0.496 e. The number of hydrogen-bond acceptors (Lipinski definition) is 3. The van der Waals surface area contributed by atoms with Crippen LogP contribution in [0.3, 0.4) is 0 Å². The quantitative estimate of drug-likeness (QED) is 0.861. The zero-order valence-electron chi connectivity index (χ0n) is 10.1. The molecule has 0 saturated carbocycles. The van der Waals surface area contributed by atoms with Crippen LogP contribution in [0.1, 0.15) is 5.56 Å². The van der Waals surface area contributed by atoms with Crippen molar-refractivity contribution in [2.24, 2.45) is 5.73 Å². The summed E-state index contributed by atoms with van der Waals surface area (Å²) in [7, 11) is 1.62. The van der Waals surface area contributed by atoms with E-state index in [4.69, 9.17) is 15.6 Å². The highest BCUT2D eigenvalue weighted by Crippen LogP contribution is 2.28. The van der Waals surface area contributed by atoms with Gasteiger partial charge < -0.3 is 15.6 Å². The van der Waals surface area contributed by atoms with Gasteiger partial charge in [-0.3, -0.25) is 4.79 Å². The molecule has 0 bridgehead atoms. The van der Waals surface area contributed by atoms with Crippen molar-refractivity contribution in [1.82, 2.24) is 0 Å². The highest BCUT2D eigenvalue weighted by Gasteiger charge is 2.14. The van der Waals surface area contributed by atoms with Crippen LogP contribution in [0.4, 0.5) is 0 Å². The molecule has 0 heterocycles. The van der Waals surface area contributed by atoms with Gasteiger partial charge in [0.2, 0.25) is 0 Å². The lowest BCUT2D eigenvalue weighted by atomic mass is 9.98. The summed E-state index contributed by atoms with van der Waals surface area (Å²) in [6.07, 6.45) is 0.305. The molecule has 0 unspecified atom stereocenters. The van der Waals surface area contributed by atoms with Crippen molar-refractivity contribution in [1.29, 1.82) is 0 Å². The van der Waals surface area contributed by atoms with Crippen molar-refractivity contribution in [3.63, 3.8) is 0 Å². The maximum atomic E-state index is 10.8. The average Bonchev–Trinajstić information content (AvgIpc) is 2.39. The Balaban J connectivity index is 2.49. The van der Waals surface area contributed by atoms with E-state index < -0.39 is 12.0 Å². The molecule has 2 rings (SSSR count). The summed E-state index contributed by atoms with van der Waals surface area (Å²) in [5.41, 5.74) is 6.50. The Kier molecular flexibility index (Phi) is 3.48. The van der Waals surface area contributed by atoms with Crippen LogP contribution in [0.25, 0.3) is 10.8 Å². The fourth-order valence-electron chi connectivity index (χ4n) is 2.01. The molecule has 3 N–H and O–H groups in total. The molecule has 2 aromatic rings.